The van der Waals surface area contributed by atoms with Gasteiger partial charge in [0.15, 0.2) is 0 Å². The van der Waals surface area contributed by atoms with Crippen molar-refractivity contribution in [3.63, 3.8) is 0 Å². The third-order valence-corrected chi connectivity index (χ3v) is 2.47. The summed E-state index contributed by atoms with van der Waals surface area (Å²) in [5.41, 5.74) is -7.14. The molecule has 19 heavy (non-hydrogen) atoms. The van der Waals surface area contributed by atoms with Crippen LogP contribution < -0.4 is 0 Å². The molecule has 0 aliphatic rings. The quantitative estimate of drug-likeness (QED) is 0.818. The average molecular weight is 286 g/mol. The second-order valence-electron chi connectivity index (χ2n) is 3.68. The van der Waals surface area contributed by atoms with Crippen molar-refractivity contribution < 1.29 is 36.6 Å². The van der Waals surface area contributed by atoms with Crippen LogP contribution in [0.25, 0.3) is 6.08 Å². The van der Waals surface area contributed by atoms with Gasteiger partial charge >= 0.3 is 12.4 Å². The zero-order valence-corrected chi connectivity index (χ0v) is 9.18. The van der Waals surface area contributed by atoms with Crippen LogP contribution in [-0.2, 0) is 5.60 Å². The lowest BCUT2D eigenvalue weighted by atomic mass is 9.88. The van der Waals surface area contributed by atoms with Crippen LogP contribution in [0.1, 0.15) is 11.1 Å². The van der Waals surface area contributed by atoms with Gasteiger partial charge in [0.1, 0.15) is 5.75 Å². The number of halogens is 6. The molecule has 0 heterocycles. The van der Waals surface area contributed by atoms with Crippen molar-refractivity contribution in [2.24, 2.45) is 0 Å². The number of rotatable bonds is 2. The first-order valence-electron chi connectivity index (χ1n) is 4.77. The van der Waals surface area contributed by atoms with E-state index >= 15 is 0 Å². The average Bonchev–Trinajstić information content (AvgIpc) is 2.24. The van der Waals surface area contributed by atoms with E-state index in [1.54, 1.807) is 0 Å². The lowest BCUT2D eigenvalue weighted by Gasteiger charge is -2.33. The van der Waals surface area contributed by atoms with Gasteiger partial charge in [0.2, 0.25) is 0 Å². The Hall–Kier alpha value is -1.70. The highest BCUT2D eigenvalue weighted by molar-refractivity contribution is 5.57. The Bertz CT molecular complexity index is 475. The number of alkyl halides is 6. The van der Waals surface area contributed by atoms with Gasteiger partial charge in [0.25, 0.3) is 5.60 Å². The van der Waals surface area contributed by atoms with Gasteiger partial charge in [-0.25, -0.2) is 0 Å². The fourth-order valence-electron chi connectivity index (χ4n) is 1.51. The van der Waals surface area contributed by atoms with Gasteiger partial charge in [0.05, 0.1) is 0 Å². The predicted molar refractivity (Wildman–Crippen MR) is 54.2 cm³/mol. The molecular weight excluding hydrogens is 278 g/mol. The van der Waals surface area contributed by atoms with Gasteiger partial charge in [-0.3, -0.25) is 0 Å². The number of phenols is 1. The molecule has 2 nitrogen and oxygen atoms in total. The lowest BCUT2D eigenvalue weighted by Crippen LogP contribution is -2.54. The molecule has 0 spiro atoms. The van der Waals surface area contributed by atoms with E-state index in [2.05, 4.69) is 6.58 Å². The van der Waals surface area contributed by atoms with Crippen molar-refractivity contribution in [3.05, 3.63) is 35.9 Å². The molecule has 0 saturated heterocycles. The highest BCUT2D eigenvalue weighted by Gasteiger charge is 2.71. The SMILES string of the molecule is C=Cc1cc(O)ccc1C(O)(C(F)(F)F)C(F)(F)F. The molecule has 0 fully saturated rings. The maximum atomic E-state index is 12.6. The van der Waals surface area contributed by atoms with Crippen LogP contribution >= 0.6 is 0 Å². The number of benzene rings is 1. The first-order valence-corrected chi connectivity index (χ1v) is 4.77. The van der Waals surface area contributed by atoms with Crippen molar-refractivity contribution >= 4 is 6.08 Å². The molecule has 0 atom stereocenters. The molecule has 0 bridgehead atoms. The smallest absolute Gasteiger partial charge is 0.430 e. The van der Waals surface area contributed by atoms with Crippen molar-refractivity contribution in [1.82, 2.24) is 0 Å². The molecule has 0 saturated carbocycles. The highest BCUT2D eigenvalue weighted by atomic mass is 19.4. The van der Waals surface area contributed by atoms with Crippen molar-refractivity contribution in [2.75, 3.05) is 0 Å². The lowest BCUT2D eigenvalue weighted by molar-refractivity contribution is -0.376. The van der Waals surface area contributed by atoms with E-state index in [0.717, 1.165) is 0 Å². The second kappa shape index (κ2) is 4.44. The summed E-state index contributed by atoms with van der Waals surface area (Å²) in [6.07, 6.45) is -11.3. The van der Waals surface area contributed by atoms with Crippen LogP contribution in [0.15, 0.2) is 24.8 Å². The van der Waals surface area contributed by atoms with E-state index in [9.17, 15) is 31.4 Å². The third-order valence-electron chi connectivity index (χ3n) is 2.47. The molecule has 1 rings (SSSR count). The minimum Gasteiger partial charge on any atom is -0.508 e. The normalized spacial score (nSPS) is 13.4. The molecule has 0 aliphatic carbocycles. The molecule has 1 aromatic carbocycles. The van der Waals surface area contributed by atoms with Gasteiger partial charge in [0, 0.05) is 5.56 Å². The highest BCUT2D eigenvalue weighted by Crippen LogP contribution is 2.51. The Balaban J connectivity index is 3.66. The summed E-state index contributed by atoms with van der Waals surface area (Å²) in [5, 5.41) is 18.2. The standard InChI is InChI=1S/C11H8F6O2/c1-2-6-5-7(18)3-4-8(6)9(19,10(12,13)14)11(15,16)17/h2-5,18-19H,1H2. The number of aromatic hydroxyl groups is 1. The number of aliphatic hydroxyl groups is 1. The maximum Gasteiger partial charge on any atom is 0.430 e. The molecule has 2 N–H and O–H groups in total. The van der Waals surface area contributed by atoms with Crippen LogP contribution in [0.2, 0.25) is 0 Å². The molecule has 0 amide bonds. The molecule has 0 aliphatic heterocycles. The van der Waals surface area contributed by atoms with E-state index < -0.39 is 34.8 Å². The van der Waals surface area contributed by atoms with E-state index in [0.29, 0.717) is 24.3 Å². The number of hydrogen-bond acceptors (Lipinski definition) is 2. The Labute approximate surface area is 103 Å². The topological polar surface area (TPSA) is 40.5 Å². The zero-order valence-electron chi connectivity index (χ0n) is 9.18. The van der Waals surface area contributed by atoms with Gasteiger partial charge in [-0.1, -0.05) is 18.7 Å². The number of hydrogen-bond donors (Lipinski definition) is 2. The largest absolute Gasteiger partial charge is 0.508 e. The predicted octanol–water partition coefficient (Wildman–Crippen LogP) is 3.35. The summed E-state index contributed by atoms with van der Waals surface area (Å²) in [6, 6.07) is 1.61. The summed E-state index contributed by atoms with van der Waals surface area (Å²) in [5.74, 6) is -0.551. The van der Waals surface area contributed by atoms with Gasteiger partial charge in [-0.05, 0) is 17.7 Å². The summed E-state index contributed by atoms with van der Waals surface area (Å²) >= 11 is 0. The minimum atomic E-state index is -5.97. The summed E-state index contributed by atoms with van der Waals surface area (Å²) in [7, 11) is 0. The molecule has 0 unspecified atom stereocenters. The van der Waals surface area contributed by atoms with E-state index in [4.69, 9.17) is 5.11 Å². The van der Waals surface area contributed by atoms with Crippen molar-refractivity contribution in [1.29, 1.82) is 0 Å². The van der Waals surface area contributed by atoms with E-state index in [-0.39, 0.29) is 0 Å². The van der Waals surface area contributed by atoms with Gasteiger partial charge in [-0.15, -0.1) is 0 Å². The Morgan fingerprint density at radius 1 is 1.00 bits per heavy atom. The zero-order chi connectivity index (χ0) is 15.1. The van der Waals surface area contributed by atoms with E-state index in [1.807, 2.05) is 0 Å². The first kappa shape index (κ1) is 15.4. The van der Waals surface area contributed by atoms with Crippen molar-refractivity contribution in [3.8, 4) is 5.75 Å². The van der Waals surface area contributed by atoms with Crippen molar-refractivity contribution in [2.45, 2.75) is 18.0 Å². The van der Waals surface area contributed by atoms with Crippen LogP contribution in [0.5, 0.6) is 5.75 Å². The molecular formula is C11H8F6O2. The summed E-state index contributed by atoms with van der Waals surface area (Å²) in [6.45, 7) is 3.05. The molecule has 8 heteroatoms. The fraction of sp³-hybridized carbons (Fsp3) is 0.273. The van der Waals surface area contributed by atoms with Crippen LogP contribution in [0, 0.1) is 0 Å². The fourth-order valence-corrected chi connectivity index (χ4v) is 1.51. The van der Waals surface area contributed by atoms with Gasteiger partial charge in [-0.2, -0.15) is 26.3 Å². The van der Waals surface area contributed by atoms with E-state index in [1.165, 1.54) is 0 Å². The van der Waals surface area contributed by atoms with Crippen LogP contribution in [-0.4, -0.2) is 22.6 Å². The molecule has 0 aromatic heterocycles. The third kappa shape index (κ3) is 2.40. The first-order chi connectivity index (χ1) is 8.45. The Kier molecular flexibility index (Phi) is 3.59. The summed E-state index contributed by atoms with van der Waals surface area (Å²) < 4.78 is 75.8. The minimum absolute atomic E-state index is 0.354. The van der Waals surface area contributed by atoms with Gasteiger partial charge < -0.3 is 10.2 Å². The number of phenolic OH excluding ortho intramolecular Hbond substituents is 1. The Morgan fingerprint density at radius 2 is 1.47 bits per heavy atom. The monoisotopic (exact) mass is 286 g/mol. The van der Waals surface area contributed by atoms with Crippen LogP contribution in [0.4, 0.5) is 26.3 Å². The molecule has 1 aromatic rings. The van der Waals surface area contributed by atoms with Crippen LogP contribution in [0.3, 0.4) is 0 Å². The molecule has 106 valence electrons. The summed E-state index contributed by atoms with van der Waals surface area (Å²) in [4.78, 5) is 0. The maximum absolute atomic E-state index is 12.6. The molecule has 0 radical (unpaired) electrons. The Morgan fingerprint density at radius 3 is 1.84 bits per heavy atom. The second-order valence-corrected chi connectivity index (χ2v) is 3.68.